The van der Waals surface area contributed by atoms with Crippen LogP contribution in [0.2, 0.25) is 0 Å². The quantitative estimate of drug-likeness (QED) is 0.841. The molecule has 0 aliphatic carbocycles. The number of nitrogens with zero attached hydrogens (tertiary/aromatic N) is 1. The normalized spacial score (nSPS) is 10.3. The van der Waals surface area contributed by atoms with Crippen LogP contribution in [0.5, 0.6) is 0 Å². The maximum absolute atomic E-state index is 11.5. The van der Waals surface area contributed by atoms with Crippen LogP contribution in [-0.4, -0.2) is 22.8 Å². The molecule has 0 fully saturated rings. The maximum Gasteiger partial charge on any atom is 0.356 e. The molecular weight excluding hydrogens is 228 g/mol. The molecule has 1 aromatic carbocycles. The van der Waals surface area contributed by atoms with Gasteiger partial charge in [0.1, 0.15) is 5.69 Å². The molecule has 0 atom stereocenters. The Kier molecular flexibility index (Phi) is 3.77. The maximum atomic E-state index is 11.5. The van der Waals surface area contributed by atoms with Crippen LogP contribution in [0.4, 0.5) is 0 Å². The van der Waals surface area contributed by atoms with Crippen molar-refractivity contribution in [1.82, 2.24) is 10.2 Å². The minimum atomic E-state index is -0.372. The van der Waals surface area contributed by atoms with Gasteiger partial charge in [-0.3, -0.25) is 5.10 Å². The third kappa shape index (κ3) is 2.59. The number of benzene rings is 1. The molecule has 94 valence electrons. The number of hydrogen-bond donors (Lipinski definition) is 1. The molecule has 0 aliphatic heterocycles. The van der Waals surface area contributed by atoms with Gasteiger partial charge in [-0.2, -0.15) is 5.10 Å². The summed E-state index contributed by atoms with van der Waals surface area (Å²) in [6.45, 7) is 4.24. The Bertz CT molecular complexity index is 546. The lowest BCUT2D eigenvalue weighted by atomic mass is 10.1. The monoisotopic (exact) mass is 244 g/mol. The summed E-state index contributed by atoms with van der Waals surface area (Å²) in [6, 6.07) is 9.83. The molecule has 1 N–H and O–H groups in total. The van der Waals surface area contributed by atoms with Crippen LogP contribution in [0, 0.1) is 0 Å². The summed E-state index contributed by atoms with van der Waals surface area (Å²) in [5, 5.41) is 6.84. The molecule has 0 saturated heterocycles. The van der Waals surface area contributed by atoms with Crippen molar-refractivity contribution in [3.05, 3.63) is 41.6 Å². The van der Waals surface area contributed by atoms with E-state index in [0.717, 1.165) is 17.7 Å². The molecule has 0 unspecified atom stereocenters. The fraction of sp³-hybridized carbons (Fsp3) is 0.286. The zero-order valence-corrected chi connectivity index (χ0v) is 10.6. The van der Waals surface area contributed by atoms with Crippen LogP contribution in [0.15, 0.2) is 30.3 Å². The molecule has 2 aromatic rings. The topological polar surface area (TPSA) is 55.0 Å². The van der Waals surface area contributed by atoms with Crippen molar-refractivity contribution in [2.45, 2.75) is 20.3 Å². The summed E-state index contributed by atoms with van der Waals surface area (Å²) in [7, 11) is 0. The second kappa shape index (κ2) is 5.49. The Morgan fingerprint density at radius 1 is 1.33 bits per heavy atom. The number of carbonyl (C=O) groups excluding carboxylic acids is 1. The van der Waals surface area contributed by atoms with Crippen molar-refractivity contribution in [2.75, 3.05) is 6.61 Å². The average molecular weight is 244 g/mol. The van der Waals surface area contributed by atoms with E-state index in [0.29, 0.717) is 12.3 Å². The van der Waals surface area contributed by atoms with Crippen molar-refractivity contribution < 1.29 is 9.53 Å². The van der Waals surface area contributed by atoms with Gasteiger partial charge in [-0.05, 0) is 31.0 Å². The standard InChI is InChI=1S/C14H16N2O2/c1-3-10-6-5-7-11(8-10)12-9-13(16-15-12)14(17)18-4-2/h5-9H,3-4H2,1-2H3,(H,15,16). The molecule has 18 heavy (non-hydrogen) atoms. The number of aromatic nitrogens is 2. The lowest BCUT2D eigenvalue weighted by Crippen LogP contribution is -2.04. The summed E-state index contributed by atoms with van der Waals surface area (Å²) in [5.74, 6) is -0.372. The molecule has 0 amide bonds. The van der Waals surface area contributed by atoms with E-state index < -0.39 is 0 Å². The second-order valence-electron chi connectivity index (χ2n) is 3.94. The van der Waals surface area contributed by atoms with Gasteiger partial charge in [0.25, 0.3) is 0 Å². The molecule has 0 radical (unpaired) electrons. The first-order chi connectivity index (χ1) is 8.74. The molecule has 0 spiro atoms. The lowest BCUT2D eigenvalue weighted by molar-refractivity contribution is 0.0519. The number of rotatable bonds is 4. The van der Waals surface area contributed by atoms with Crippen LogP contribution in [0.1, 0.15) is 29.9 Å². The number of aromatic amines is 1. The van der Waals surface area contributed by atoms with E-state index in [9.17, 15) is 4.79 Å². The Morgan fingerprint density at radius 2 is 2.17 bits per heavy atom. The summed E-state index contributed by atoms with van der Waals surface area (Å²) >= 11 is 0. The SMILES string of the molecule is CCOC(=O)c1cc(-c2cccc(CC)c2)n[nH]1. The number of aryl methyl sites for hydroxylation is 1. The molecule has 1 heterocycles. The third-order valence-electron chi connectivity index (χ3n) is 2.70. The van der Waals surface area contributed by atoms with E-state index in [2.05, 4.69) is 29.3 Å². The number of hydrogen-bond acceptors (Lipinski definition) is 3. The van der Waals surface area contributed by atoms with Crippen molar-refractivity contribution in [3.63, 3.8) is 0 Å². The van der Waals surface area contributed by atoms with Crippen molar-refractivity contribution >= 4 is 5.97 Å². The van der Waals surface area contributed by atoms with Gasteiger partial charge in [0.2, 0.25) is 0 Å². The lowest BCUT2D eigenvalue weighted by Gasteiger charge is -1.99. The number of esters is 1. The minimum absolute atomic E-state index is 0.360. The van der Waals surface area contributed by atoms with E-state index in [4.69, 9.17) is 4.74 Å². The van der Waals surface area contributed by atoms with Gasteiger partial charge in [0.05, 0.1) is 12.3 Å². The van der Waals surface area contributed by atoms with Crippen LogP contribution < -0.4 is 0 Å². The first-order valence-corrected chi connectivity index (χ1v) is 6.06. The highest BCUT2D eigenvalue weighted by Crippen LogP contribution is 2.19. The van der Waals surface area contributed by atoms with Crippen LogP contribution in [-0.2, 0) is 11.2 Å². The predicted octanol–water partition coefficient (Wildman–Crippen LogP) is 2.82. The number of ether oxygens (including phenoxy) is 1. The van der Waals surface area contributed by atoms with Gasteiger partial charge < -0.3 is 4.74 Å². The van der Waals surface area contributed by atoms with Crippen LogP contribution in [0.3, 0.4) is 0 Å². The van der Waals surface area contributed by atoms with Crippen molar-refractivity contribution in [3.8, 4) is 11.3 Å². The third-order valence-corrected chi connectivity index (χ3v) is 2.70. The van der Waals surface area contributed by atoms with Gasteiger partial charge in [-0.15, -0.1) is 0 Å². The molecule has 0 bridgehead atoms. The Hall–Kier alpha value is -2.10. The zero-order valence-electron chi connectivity index (χ0n) is 10.6. The highest BCUT2D eigenvalue weighted by Gasteiger charge is 2.11. The Morgan fingerprint density at radius 3 is 2.89 bits per heavy atom. The smallest absolute Gasteiger partial charge is 0.356 e. The van der Waals surface area contributed by atoms with E-state index >= 15 is 0 Å². The molecule has 0 aliphatic rings. The fourth-order valence-electron chi connectivity index (χ4n) is 1.73. The van der Waals surface area contributed by atoms with E-state index in [1.807, 2.05) is 12.1 Å². The molecule has 2 rings (SSSR count). The second-order valence-corrected chi connectivity index (χ2v) is 3.94. The number of H-pyrrole nitrogens is 1. The summed E-state index contributed by atoms with van der Waals surface area (Å²) in [4.78, 5) is 11.5. The summed E-state index contributed by atoms with van der Waals surface area (Å²) < 4.78 is 4.91. The largest absolute Gasteiger partial charge is 0.461 e. The molecule has 0 saturated carbocycles. The van der Waals surface area contributed by atoms with Crippen molar-refractivity contribution in [2.24, 2.45) is 0 Å². The molecule has 4 heteroatoms. The summed E-state index contributed by atoms with van der Waals surface area (Å²) in [6.07, 6.45) is 0.975. The van der Waals surface area contributed by atoms with Gasteiger partial charge in [0, 0.05) is 5.56 Å². The number of carbonyl (C=O) groups is 1. The van der Waals surface area contributed by atoms with Gasteiger partial charge in [-0.25, -0.2) is 4.79 Å². The average Bonchev–Trinajstić information content (AvgIpc) is 2.89. The number of nitrogens with one attached hydrogen (secondary N) is 1. The Balaban J connectivity index is 2.26. The van der Waals surface area contributed by atoms with Gasteiger partial charge in [0.15, 0.2) is 0 Å². The van der Waals surface area contributed by atoms with E-state index in [1.165, 1.54) is 5.56 Å². The van der Waals surface area contributed by atoms with Crippen molar-refractivity contribution in [1.29, 1.82) is 0 Å². The van der Waals surface area contributed by atoms with Crippen LogP contribution >= 0.6 is 0 Å². The predicted molar refractivity (Wildman–Crippen MR) is 69.4 cm³/mol. The minimum Gasteiger partial charge on any atom is -0.461 e. The first-order valence-electron chi connectivity index (χ1n) is 6.06. The zero-order chi connectivity index (χ0) is 13.0. The van der Waals surface area contributed by atoms with E-state index in [-0.39, 0.29) is 5.97 Å². The van der Waals surface area contributed by atoms with Gasteiger partial charge >= 0.3 is 5.97 Å². The highest BCUT2D eigenvalue weighted by molar-refractivity contribution is 5.88. The molecular formula is C14H16N2O2. The fourth-order valence-corrected chi connectivity index (χ4v) is 1.73. The van der Waals surface area contributed by atoms with Crippen LogP contribution in [0.25, 0.3) is 11.3 Å². The molecule has 1 aromatic heterocycles. The Labute approximate surface area is 106 Å². The molecule has 4 nitrogen and oxygen atoms in total. The first kappa shape index (κ1) is 12.4. The summed E-state index contributed by atoms with van der Waals surface area (Å²) in [5.41, 5.74) is 3.39. The van der Waals surface area contributed by atoms with E-state index in [1.54, 1.807) is 13.0 Å². The highest BCUT2D eigenvalue weighted by atomic mass is 16.5. The van der Waals surface area contributed by atoms with Gasteiger partial charge in [-0.1, -0.05) is 25.1 Å².